The second-order valence-electron chi connectivity index (χ2n) is 4.98. The van der Waals surface area contributed by atoms with Crippen molar-refractivity contribution < 1.29 is 4.79 Å². The monoisotopic (exact) mass is 286 g/mol. The molecule has 1 N–H and O–H groups in total. The number of allylic oxidation sites excluding steroid dienone is 2. The molecule has 2 aromatic carbocycles. The van der Waals surface area contributed by atoms with Gasteiger partial charge in [-0.1, -0.05) is 60.7 Å². The van der Waals surface area contributed by atoms with E-state index in [4.69, 9.17) is 5.26 Å². The SMILES string of the molecule is N#CC1=CC(C(=O)c2ccccc2)=C(c2ccccc2)NC1. The third-order valence-corrected chi connectivity index (χ3v) is 3.53. The predicted octanol–water partition coefficient (Wildman–Crippen LogP) is 3.33. The van der Waals surface area contributed by atoms with Crippen molar-refractivity contribution in [3.8, 4) is 6.07 Å². The van der Waals surface area contributed by atoms with Gasteiger partial charge in [-0.25, -0.2) is 0 Å². The molecule has 0 unspecified atom stereocenters. The minimum Gasteiger partial charge on any atom is -0.379 e. The number of rotatable bonds is 3. The molecule has 1 heterocycles. The first kappa shape index (κ1) is 13.8. The van der Waals surface area contributed by atoms with E-state index in [9.17, 15) is 4.79 Å². The Bertz CT molecular complexity index is 796. The second kappa shape index (κ2) is 6.11. The minimum absolute atomic E-state index is 0.0839. The molecule has 106 valence electrons. The van der Waals surface area contributed by atoms with Crippen molar-refractivity contribution in [3.05, 3.63) is 89.0 Å². The lowest BCUT2D eigenvalue weighted by Gasteiger charge is -2.19. The van der Waals surface area contributed by atoms with E-state index in [1.165, 1.54) is 0 Å². The van der Waals surface area contributed by atoms with Crippen LogP contribution < -0.4 is 5.32 Å². The topological polar surface area (TPSA) is 52.9 Å². The Kier molecular flexibility index (Phi) is 3.84. The highest BCUT2D eigenvalue weighted by Gasteiger charge is 2.21. The number of carbonyl (C=O) groups excluding carboxylic acids is 1. The van der Waals surface area contributed by atoms with Gasteiger partial charge in [0.15, 0.2) is 5.78 Å². The molecule has 1 aliphatic heterocycles. The number of hydrogen-bond donors (Lipinski definition) is 1. The Morgan fingerprint density at radius 2 is 1.64 bits per heavy atom. The van der Waals surface area contributed by atoms with Gasteiger partial charge in [0.25, 0.3) is 0 Å². The number of carbonyl (C=O) groups is 1. The van der Waals surface area contributed by atoms with Crippen molar-refractivity contribution >= 4 is 11.5 Å². The van der Waals surface area contributed by atoms with Crippen LogP contribution in [0.25, 0.3) is 5.70 Å². The van der Waals surface area contributed by atoms with Crippen LogP contribution in [0.1, 0.15) is 15.9 Å². The highest BCUT2D eigenvalue weighted by molar-refractivity contribution is 6.15. The van der Waals surface area contributed by atoms with Crippen molar-refractivity contribution in [1.29, 1.82) is 5.26 Å². The van der Waals surface area contributed by atoms with Gasteiger partial charge in [0.1, 0.15) is 0 Å². The van der Waals surface area contributed by atoms with E-state index in [1.807, 2.05) is 48.5 Å². The highest BCUT2D eigenvalue weighted by Crippen LogP contribution is 2.24. The van der Waals surface area contributed by atoms with E-state index in [0.29, 0.717) is 23.3 Å². The Hall–Kier alpha value is -3.12. The molecule has 0 saturated carbocycles. The van der Waals surface area contributed by atoms with Crippen molar-refractivity contribution in [2.24, 2.45) is 0 Å². The zero-order valence-electron chi connectivity index (χ0n) is 11.9. The van der Waals surface area contributed by atoms with Gasteiger partial charge in [-0.3, -0.25) is 4.79 Å². The molecule has 0 aliphatic carbocycles. The van der Waals surface area contributed by atoms with Crippen LogP contribution in [0.5, 0.6) is 0 Å². The highest BCUT2D eigenvalue weighted by atomic mass is 16.1. The molecule has 0 aromatic heterocycles. The van der Waals surface area contributed by atoms with E-state index < -0.39 is 0 Å². The molecule has 3 heteroatoms. The van der Waals surface area contributed by atoms with E-state index >= 15 is 0 Å². The van der Waals surface area contributed by atoms with Crippen LogP contribution in [-0.4, -0.2) is 12.3 Å². The number of nitriles is 1. The van der Waals surface area contributed by atoms with Crippen LogP contribution >= 0.6 is 0 Å². The van der Waals surface area contributed by atoms with Crippen LogP contribution in [0.2, 0.25) is 0 Å². The van der Waals surface area contributed by atoms with Gasteiger partial charge in [0.05, 0.1) is 18.3 Å². The lowest BCUT2D eigenvalue weighted by Crippen LogP contribution is -2.23. The summed E-state index contributed by atoms with van der Waals surface area (Å²) in [6, 6.07) is 20.9. The molecule has 0 radical (unpaired) electrons. The van der Waals surface area contributed by atoms with Crippen LogP contribution in [0, 0.1) is 11.3 Å². The third kappa shape index (κ3) is 2.68. The molecule has 1 aliphatic rings. The molecule has 0 atom stereocenters. The molecule has 0 spiro atoms. The van der Waals surface area contributed by atoms with E-state index in [1.54, 1.807) is 18.2 Å². The van der Waals surface area contributed by atoms with Crippen LogP contribution in [0.4, 0.5) is 0 Å². The van der Waals surface area contributed by atoms with Gasteiger partial charge < -0.3 is 5.32 Å². The fourth-order valence-corrected chi connectivity index (χ4v) is 2.43. The smallest absolute Gasteiger partial charge is 0.195 e. The average Bonchev–Trinajstić information content (AvgIpc) is 2.62. The van der Waals surface area contributed by atoms with Crippen molar-refractivity contribution in [3.63, 3.8) is 0 Å². The summed E-state index contributed by atoms with van der Waals surface area (Å²) in [5.74, 6) is -0.0839. The average molecular weight is 286 g/mol. The standard InChI is InChI=1S/C19H14N2O/c20-12-14-11-17(19(22)16-9-5-2-6-10-16)18(21-13-14)15-7-3-1-4-8-15/h1-11,21H,13H2. The zero-order valence-corrected chi connectivity index (χ0v) is 11.9. The first-order valence-corrected chi connectivity index (χ1v) is 7.03. The summed E-state index contributed by atoms with van der Waals surface area (Å²) in [5, 5.41) is 12.3. The molecular formula is C19H14N2O. The Morgan fingerprint density at radius 1 is 1.00 bits per heavy atom. The molecule has 2 aromatic rings. The summed E-state index contributed by atoms with van der Waals surface area (Å²) >= 11 is 0. The number of dihydropyridines is 1. The van der Waals surface area contributed by atoms with E-state index in [-0.39, 0.29) is 5.78 Å². The van der Waals surface area contributed by atoms with Gasteiger partial charge >= 0.3 is 0 Å². The van der Waals surface area contributed by atoms with Gasteiger partial charge in [0, 0.05) is 16.7 Å². The molecular weight excluding hydrogens is 272 g/mol. The maximum Gasteiger partial charge on any atom is 0.195 e. The van der Waals surface area contributed by atoms with Crippen LogP contribution in [0.3, 0.4) is 0 Å². The van der Waals surface area contributed by atoms with Crippen molar-refractivity contribution in [1.82, 2.24) is 5.32 Å². The molecule has 3 nitrogen and oxygen atoms in total. The second-order valence-corrected chi connectivity index (χ2v) is 4.98. The first-order valence-electron chi connectivity index (χ1n) is 7.03. The van der Waals surface area contributed by atoms with Crippen LogP contribution in [-0.2, 0) is 0 Å². The molecule has 0 saturated heterocycles. The largest absolute Gasteiger partial charge is 0.379 e. The Morgan fingerprint density at radius 3 is 2.27 bits per heavy atom. The minimum atomic E-state index is -0.0839. The summed E-state index contributed by atoms with van der Waals surface area (Å²) in [4.78, 5) is 12.8. The maximum atomic E-state index is 12.8. The zero-order chi connectivity index (χ0) is 15.4. The van der Waals surface area contributed by atoms with Gasteiger partial charge in [-0.2, -0.15) is 5.26 Å². The fourth-order valence-electron chi connectivity index (χ4n) is 2.43. The third-order valence-electron chi connectivity index (χ3n) is 3.53. The number of ketones is 1. The maximum absolute atomic E-state index is 12.8. The molecule has 22 heavy (non-hydrogen) atoms. The van der Waals surface area contributed by atoms with Gasteiger partial charge in [-0.15, -0.1) is 0 Å². The van der Waals surface area contributed by atoms with E-state index in [0.717, 1.165) is 11.3 Å². The summed E-state index contributed by atoms with van der Waals surface area (Å²) in [6.45, 7) is 0.437. The quantitative estimate of drug-likeness (QED) is 0.880. The van der Waals surface area contributed by atoms with Gasteiger partial charge in [0.2, 0.25) is 0 Å². The summed E-state index contributed by atoms with van der Waals surface area (Å²) < 4.78 is 0. The number of nitrogens with zero attached hydrogens (tertiary/aromatic N) is 1. The summed E-state index contributed by atoms with van der Waals surface area (Å²) in [7, 11) is 0. The van der Waals surface area contributed by atoms with E-state index in [2.05, 4.69) is 11.4 Å². The normalized spacial score (nSPS) is 13.9. The number of Topliss-reactive ketones (excluding diaryl/α,β-unsaturated/α-hetero) is 1. The predicted molar refractivity (Wildman–Crippen MR) is 85.8 cm³/mol. The number of hydrogen-bond acceptors (Lipinski definition) is 3. The lowest BCUT2D eigenvalue weighted by atomic mass is 9.94. The molecule has 3 rings (SSSR count). The van der Waals surface area contributed by atoms with Crippen molar-refractivity contribution in [2.45, 2.75) is 0 Å². The molecule has 0 bridgehead atoms. The fraction of sp³-hybridized carbons (Fsp3) is 0.0526. The number of nitrogens with one attached hydrogen (secondary N) is 1. The summed E-state index contributed by atoms with van der Waals surface area (Å²) in [6.07, 6.45) is 1.69. The van der Waals surface area contributed by atoms with Gasteiger partial charge in [-0.05, 0) is 11.6 Å². The summed E-state index contributed by atoms with van der Waals surface area (Å²) in [5.41, 5.74) is 3.41. The Labute approximate surface area is 129 Å². The molecule has 0 fully saturated rings. The van der Waals surface area contributed by atoms with Crippen molar-refractivity contribution in [2.75, 3.05) is 6.54 Å². The Balaban J connectivity index is 2.13. The first-order chi connectivity index (χ1) is 10.8. The number of benzene rings is 2. The molecule has 0 amide bonds. The van der Waals surface area contributed by atoms with Crippen LogP contribution in [0.15, 0.2) is 77.9 Å². The lowest BCUT2D eigenvalue weighted by molar-refractivity contribution is 0.103.